The van der Waals surface area contributed by atoms with Crippen molar-refractivity contribution in [2.75, 3.05) is 28.7 Å². The fraction of sp³-hybridized carbons (Fsp3) is 0.444. The monoisotopic (exact) mass is 477 g/mol. The van der Waals surface area contributed by atoms with E-state index in [9.17, 15) is 0 Å². The van der Waals surface area contributed by atoms with Crippen molar-refractivity contribution >= 4 is 62.1 Å². The number of aromatic amines is 1. The second-order valence-electron chi connectivity index (χ2n) is 6.98. The lowest BCUT2D eigenvalue weighted by Gasteiger charge is -2.10. The summed E-state index contributed by atoms with van der Waals surface area (Å²) < 4.78 is 0.802. The SMILES string of the molecule is Brc1cnc(NCC2CSC(C3=CCCS3)=N2)nc1Nc1cc(C2CC2)[nH]n1. The molecule has 28 heavy (non-hydrogen) atoms. The molecule has 1 saturated carbocycles. The maximum Gasteiger partial charge on any atom is 0.224 e. The summed E-state index contributed by atoms with van der Waals surface area (Å²) in [6.45, 7) is 0.726. The third kappa shape index (κ3) is 4.23. The highest BCUT2D eigenvalue weighted by molar-refractivity contribution is 9.10. The van der Waals surface area contributed by atoms with Crippen molar-refractivity contribution in [3.63, 3.8) is 0 Å². The van der Waals surface area contributed by atoms with Gasteiger partial charge in [-0.3, -0.25) is 10.1 Å². The molecule has 2 aliphatic heterocycles. The number of hydrogen-bond donors (Lipinski definition) is 3. The van der Waals surface area contributed by atoms with Crippen LogP contribution in [-0.4, -0.2) is 49.3 Å². The highest BCUT2D eigenvalue weighted by atomic mass is 79.9. The third-order valence-electron chi connectivity index (χ3n) is 4.73. The van der Waals surface area contributed by atoms with E-state index in [0.29, 0.717) is 17.7 Å². The molecule has 3 N–H and O–H groups in total. The van der Waals surface area contributed by atoms with Crippen LogP contribution >= 0.6 is 39.5 Å². The molecule has 0 saturated heterocycles. The van der Waals surface area contributed by atoms with E-state index < -0.39 is 0 Å². The molecule has 0 amide bonds. The molecular weight excluding hydrogens is 458 g/mol. The maximum atomic E-state index is 4.85. The zero-order valence-corrected chi connectivity index (χ0v) is 18.3. The Balaban J connectivity index is 1.21. The van der Waals surface area contributed by atoms with Crippen LogP contribution < -0.4 is 10.6 Å². The first-order valence-corrected chi connectivity index (χ1v) is 12.1. The van der Waals surface area contributed by atoms with E-state index >= 15 is 0 Å². The van der Waals surface area contributed by atoms with Gasteiger partial charge in [0, 0.05) is 46.8 Å². The van der Waals surface area contributed by atoms with Gasteiger partial charge in [-0.25, -0.2) is 4.98 Å². The fourth-order valence-corrected chi connectivity index (χ4v) is 5.60. The Labute approximate surface area is 180 Å². The summed E-state index contributed by atoms with van der Waals surface area (Å²) in [5.41, 5.74) is 1.19. The Kier molecular flexibility index (Phi) is 5.34. The Morgan fingerprint density at radius 3 is 3.04 bits per heavy atom. The van der Waals surface area contributed by atoms with Crippen LogP contribution in [0, 0.1) is 0 Å². The van der Waals surface area contributed by atoms with Crippen molar-refractivity contribution in [3.05, 3.63) is 33.4 Å². The van der Waals surface area contributed by atoms with Crippen LogP contribution in [0.4, 0.5) is 17.6 Å². The minimum Gasteiger partial charge on any atom is -0.352 e. The number of rotatable bonds is 7. The minimum atomic E-state index is 0.248. The second-order valence-corrected chi connectivity index (χ2v) is 9.98. The summed E-state index contributed by atoms with van der Waals surface area (Å²) in [4.78, 5) is 15.2. The summed E-state index contributed by atoms with van der Waals surface area (Å²) >= 11 is 7.27. The smallest absolute Gasteiger partial charge is 0.224 e. The highest BCUT2D eigenvalue weighted by Crippen LogP contribution is 2.40. The third-order valence-corrected chi connectivity index (χ3v) is 7.70. The number of anilines is 3. The first-order chi connectivity index (χ1) is 13.7. The second kappa shape index (κ2) is 8.08. The van der Waals surface area contributed by atoms with Crippen LogP contribution in [0.1, 0.15) is 30.9 Å². The summed E-state index contributed by atoms with van der Waals surface area (Å²) in [5.74, 6) is 4.88. The molecule has 4 heterocycles. The van der Waals surface area contributed by atoms with Gasteiger partial charge in [0.1, 0.15) is 5.04 Å². The van der Waals surface area contributed by atoms with Crippen molar-refractivity contribution < 1.29 is 0 Å². The maximum absolute atomic E-state index is 4.85. The minimum absolute atomic E-state index is 0.248. The lowest BCUT2D eigenvalue weighted by Crippen LogP contribution is -2.19. The lowest BCUT2D eigenvalue weighted by molar-refractivity contribution is 0.799. The number of aliphatic imine (C=N–C) groups is 1. The zero-order chi connectivity index (χ0) is 18.9. The molecule has 2 aromatic rings. The Morgan fingerprint density at radius 2 is 2.21 bits per heavy atom. The molecule has 7 nitrogen and oxygen atoms in total. The van der Waals surface area contributed by atoms with Gasteiger partial charge in [0.2, 0.25) is 5.95 Å². The lowest BCUT2D eigenvalue weighted by atomic mass is 10.3. The molecule has 3 aliphatic rings. The van der Waals surface area contributed by atoms with Crippen LogP contribution in [-0.2, 0) is 0 Å². The van der Waals surface area contributed by atoms with E-state index in [1.807, 2.05) is 23.5 Å². The molecule has 0 spiro atoms. The fourth-order valence-electron chi connectivity index (χ4n) is 3.10. The van der Waals surface area contributed by atoms with Gasteiger partial charge >= 0.3 is 0 Å². The van der Waals surface area contributed by atoms with E-state index in [4.69, 9.17) is 4.99 Å². The first kappa shape index (κ1) is 18.5. The van der Waals surface area contributed by atoms with Gasteiger partial charge < -0.3 is 10.6 Å². The molecule has 1 aliphatic carbocycles. The standard InChI is InChI=1S/C18H20BrN7S2/c19-12-8-21-18(20-7-11-9-28-17(22-11)14-2-1-5-27-14)24-16(12)23-15-6-13(25-26-15)10-3-4-10/h2,6,8,10-11H,1,3-5,7,9H2,(H3,20,21,23,24,25,26). The molecule has 10 heteroatoms. The predicted octanol–water partition coefficient (Wildman–Crippen LogP) is 4.53. The average molecular weight is 478 g/mol. The van der Waals surface area contributed by atoms with Crippen LogP contribution in [0.2, 0.25) is 0 Å². The molecule has 2 aromatic heterocycles. The Hall–Kier alpha value is -1.52. The van der Waals surface area contributed by atoms with Crippen molar-refractivity contribution in [3.8, 4) is 0 Å². The van der Waals surface area contributed by atoms with Gasteiger partial charge in [-0.1, -0.05) is 6.08 Å². The molecular formula is C18H20BrN7S2. The van der Waals surface area contributed by atoms with E-state index in [0.717, 1.165) is 29.0 Å². The summed E-state index contributed by atoms with van der Waals surface area (Å²) in [6, 6.07) is 2.30. The van der Waals surface area contributed by atoms with Gasteiger partial charge in [0.05, 0.1) is 10.5 Å². The zero-order valence-electron chi connectivity index (χ0n) is 15.1. The number of nitrogens with one attached hydrogen (secondary N) is 3. The van der Waals surface area contributed by atoms with Gasteiger partial charge in [0.25, 0.3) is 0 Å². The van der Waals surface area contributed by atoms with Crippen LogP contribution in [0.3, 0.4) is 0 Å². The number of H-pyrrole nitrogens is 1. The average Bonchev–Trinajstić information content (AvgIpc) is 3.12. The number of allylic oxidation sites excluding steroid dienone is 1. The van der Waals surface area contributed by atoms with Crippen molar-refractivity contribution in [2.45, 2.75) is 31.2 Å². The van der Waals surface area contributed by atoms with E-state index in [2.05, 4.69) is 58.9 Å². The van der Waals surface area contributed by atoms with Crippen molar-refractivity contribution in [1.82, 2.24) is 20.2 Å². The van der Waals surface area contributed by atoms with Crippen molar-refractivity contribution in [1.29, 1.82) is 0 Å². The predicted molar refractivity (Wildman–Crippen MR) is 121 cm³/mol. The van der Waals surface area contributed by atoms with E-state index in [-0.39, 0.29) is 6.04 Å². The summed E-state index contributed by atoms with van der Waals surface area (Å²) in [5, 5.41) is 15.2. The summed E-state index contributed by atoms with van der Waals surface area (Å²) in [6.07, 6.45) is 7.69. The van der Waals surface area contributed by atoms with E-state index in [1.165, 1.54) is 34.2 Å². The van der Waals surface area contributed by atoms with Gasteiger partial charge in [0.15, 0.2) is 11.6 Å². The Morgan fingerprint density at radius 1 is 1.29 bits per heavy atom. The van der Waals surface area contributed by atoms with Crippen LogP contribution in [0.15, 0.2) is 32.7 Å². The molecule has 0 radical (unpaired) electrons. The van der Waals surface area contributed by atoms with Gasteiger partial charge in [-0.2, -0.15) is 10.1 Å². The van der Waals surface area contributed by atoms with Crippen molar-refractivity contribution in [2.24, 2.45) is 4.99 Å². The topological polar surface area (TPSA) is 90.9 Å². The highest BCUT2D eigenvalue weighted by Gasteiger charge is 2.26. The molecule has 0 aromatic carbocycles. The molecule has 146 valence electrons. The number of halogens is 1. The van der Waals surface area contributed by atoms with E-state index in [1.54, 1.807) is 6.20 Å². The van der Waals surface area contributed by atoms with Crippen LogP contribution in [0.5, 0.6) is 0 Å². The molecule has 1 fully saturated rings. The van der Waals surface area contributed by atoms with Gasteiger partial charge in [-0.05, 0) is 35.2 Å². The summed E-state index contributed by atoms with van der Waals surface area (Å²) in [7, 11) is 0. The molecule has 1 unspecified atom stereocenters. The molecule has 0 bridgehead atoms. The normalized spacial score (nSPS) is 21.5. The first-order valence-electron chi connectivity index (χ1n) is 9.37. The Bertz CT molecular complexity index is 938. The van der Waals surface area contributed by atoms with Crippen LogP contribution in [0.25, 0.3) is 0 Å². The molecule has 1 atom stereocenters. The quantitative estimate of drug-likeness (QED) is 0.539. The molecule has 5 rings (SSSR count). The van der Waals surface area contributed by atoms with Gasteiger partial charge in [-0.15, -0.1) is 23.5 Å². The number of hydrogen-bond acceptors (Lipinski definition) is 8. The largest absolute Gasteiger partial charge is 0.352 e. The number of nitrogens with zero attached hydrogens (tertiary/aromatic N) is 4. The number of thioether (sulfide) groups is 2. The number of aromatic nitrogens is 4.